The molecule has 0 radical (unpaired) electrons. The number of furan rings is 1. The Labute approximate surface area is 148 Å². The van der Waals surface area contributed by atoms with Crippen molar-refractivity contribution in [1.82, 2.24) is 4.98 Å². The first-order valence-electron chi connectivity index (χ1n) is 8.82. The van der Waals surface area contributed by atoms with Gasteiger partial charge in [0.15, 0.2) is 5.76 Å². The van der Waals surface area contributed by atoms with E-state index >= 15 is 0 Å². The molecule has 1 N–H and O–H groups in total. The summed E-state index contributed by atoms with van der Waals surface area (Å²) in [5.74, 6) is 1.33. The molecule has 0 amide bonds. The summed E-state index contributed by atoms with van der Waals surface area (Å²) in [4.78, 5) is 3.50. The summed E-state index contributed by atoms with van der Waals surface area (Å²) in [5.41, 5.74) is 8.10. The largest absolute Gasteiger partial charge is 0.454 e. The number of fused-ring (bicyclic) bond motifs is 1. The van der Waals surface area contributed by atoms with Gasteiger partial charge >= 0.3 is 0 Å². The van der Waals surface area contributed by atoms with Gasteiger partial charge in [0, 0.05) is 11.1 Å². The van der Waals surface area contributed by atoms with E-state index in [4.69, 9.17) is 4.42 Å². The lowest BCUT2D eigenvalue weighted by Crippen LogP contribution is -1.88. The average Bonchev–Trinajstić information content (AvgIpc) is 3.22. The van der Waals surface area contributed by atoms with E-state index in [2.05, 4.69) is 87.3 Å². The van der Waals surface area contributed by atoms with E-state index in [1.807, 2.05) is 0 Å². The monoisotopic (exact) mass is 329 g/mol. The zero-order valence-corrected chi connectivity index (χ0v) is 15.2. The maximum absolute atomic E-state index is 6.26. The molecule has 2 nitrogen and oxygen atoms in total. The highest BCUT2D eigenvalue weighted by atomic mass is 16.3. The molecule has 2 aromatic carbocycles. The Kier molecular flexibility index (Phi) is 3.76. The molecular formula is C23H23NO. The molecule has 2 aromatic heterocycles. The number of hydrogen-bond donors (Lipinski definition) is 1. The summed E-state index contributed by atoms with van der Waals surface area (Å²) in [6.45, 7) is 8.65. The van der Waals surface area contributed by atoms with Crippen molar-refractivity contribution >= 4 is 11.0 Å². The van der Waals surface area contributed by atoms with Crippen LogP contribution in [0.25, 0.3) is 33.7 Å². The molecule has 0 unspecified atom stereocenters. The molecule has 0 aliphatic heterocycles. The van der Waals surface area contributed by atoms with Crippen LogP contribution in [0.5, 0.6) is 0 Å². The van der Waals surface area contributed by atoms with Crippen LogP contribution < -0.4 is 0 Å². The van der Waals surface area contributed by atoms with E-state index in [1.165, 1.54) is 27.6 Å². The smallest absolute Gasteiger partial charge is 0.151 e. The standard InChI is InChI=1S/C23H23NO/c1-14(2)18-10-7-16(4)19-13-22(25-23(18)19)21-12-11-20(24-21)17-8-5-15(3)6-9-17/h5-14,24H,1-4H3. The van der Waals surface area contributed by atoms with Crippen molar-refractivity contribution in [3.63, 3.8) is 0 Å². The van der Waals surface area contributed by atoms with E-state index in [9.17, 15) is 0 Å². The van der Waals surface area contributed by atoms with Gasteiger partial charge in [0.25, 0.3) is 0 Å². The third-order valence-electron chi connectivity index (χ3n) is 4.87. The molecule has 0 spiro atoms. The molecule has 0 fully saturated rings. The Morgan fingerprint density at radius 1 is 0.840 bits per heavy atom. The highest BCUT2D eigenvalue weighted by Gasteiger charge is 2.15. The van der Waals surface area contributed by atoms with Crippen molar-refractivity contribution in [3.05, 3.63) is 71.3 Å². The van der Waals surface area contributed by atoms with E-state index in [-0.39, 0.29) is 0 Å². The van der Waals surface area contributed by atoms with E-state index < -0.39 is 0 Å². The quantitative estimate of drug-likeness (QED) is 0.438. The van der Waals surface area contributed by atoms with Crippen LogP contribution in [0, 0.1) is 13.8 Å². The minimum absolute atomic E-state index is 0.439. The Morgan fingerprint density at radius 2 is 1.56 bits per heavy atom. The van der Waals surface area contributed by atoms with Crippen LogP contribution in [-0.4, -0.2) is 4.98 Å². The van der Waals surface area contributed by atoms with Gasteiger partial charge in [-0.15, -0.1) is 0 Å². The minimum atomic E-state index is 0.439. The molecular weight excluding hydrogens is 306 g/mol. The van der Waals surface area contributed by atoms with E-state index in [0.29, 0.717) is 5.92 Å². The fourth-order valence-corrected chi connectivity index (χ4v) is 3.31. The molecule has 0 aliphatic carbocycles. The summed E-state index contributed by atoms with van der Waals surface area (Å²) in [6.07, 6.45) is 0. The lowest BCUT2D eigenvalue weighted by atomic mass is 9.99. The Hall–Kier alpha value is -2.74. The lowest BCUT2D eigenvalue weighted by Gasteiger charge is -2.06. The molecule has 2 heteroatoms. The van der Waals surface area contributed by atoms with Gasteiger partial charge in [-0.1, -0.05) is 55.8 Å². The number of aromatic nitrogens is 1. The van der Waals surface area contributed by atoms with Gasteiger partial charge in [0.1, 0.15) is 5.58 Å². The Balaban J connectivity index is 1.79. The number of rotatable bonds is 3. The molecule has 4 rings (SSSR count). The van der Waals surface area contributed by atoms with Crippen molar-refractivity contribution in [2.24, 2.45) is 0 Å². The predicted molar refractivity (Wildman–Crippen MR) is 105 cm³/mol. The van der Waals surface area contributed by atoms with E-state index in [0.717, 1.165) is 22.7 Å². The average molecular weight is 329 g/mol. The number of aromatic amines is 1. The number of aryl methyl sites for hydroxylation is 2. The second-order valence-corrected chi connectivity index (χ2v) is 7.13. The van der Waals surface area contributed by atoms with Crippen LogP contribution in [0.2, 0.25) is 0 Å². The fraction of sp³-hybridized carbons (Fsp3) is 0.217. The Morgan fingerprint density at radius 3 is 2.28 bits per heavy atom. The number of nitrogens with one attached hydrogen (secondary N) is 1. The molecule has 0 aliphatic rings. The van der Waals surface area contributed by atoms with Crippen LogP contribution >= 0.6 is 0 Å². The van der Waals surface area contributed by atoms with E-state index in [1.54, 1.807) is 0 Å². The minimum Gasteiger partial charge on any atom is -0.454 e. The lowest BCUT2D eigenvalue weighted by molar-refractivity contribution is 0.620. The zero-order chi connectivity index (χ0) is 17.6. The highest BCUT2D eigenvalue weighted by Crippen LogP contribution is 2.35. The first kappa shape index (κ1) is 15.8. The van der Waals surface area contributed by atoms with Crippen molar-refractivity contribution in [2.75, 3.05) is 0 Å². The summed E-state index contributed by atoms with van der Waals surface area (Å²) < 4.78 is 6.26. The highest BCUT2D eigenvalue weighted by molar-refractivity contribution is 5.88. The summed E-state index contributed by atoms with van der Waals surface area (Å²) in [5, 5.41) is 1.20. The van der Waals surface area contributed by atoms with Crippen molar-refractivity contribution in [3.8, 4) is 22.7 Å². The van der Waals surface area contributed by atoms with Crippen LogP contribution in [0.15, 0.2) is 59.0 Å². The van der Waals surface area contributed by atoms with Gasteiger partial charge in [0.05, 0.1) is 5.69 Å². The first-order valence-corrected chi connectivity index (χ1v) is 8.82. The van der Waals surface area contributed by atoms with Crippen LogP contribution in [0.4, 0.5) is 0 Å². The SMILES string of the molecule is Cc1ccc(-c2ccc(-c3cc4c(C)ccc(C(C)C)c4o3)[nH]2)cc1. The second kappa shape index (κ2) is 5.96. The zero-order valence-electron chi connectivity index (χ0n) is 15.2. The maximum atomic E-state index is 6.26. The molecule has 126 valence electrons. The summed E-state index contributed by atoms with van der Waals surface area (Å²) in [7, 11) is 0. The summed E-state index contributed by atoms with van der Waals surface area (Å²) >= 11 is 0. The molecule has 0 atom stereocenters. The second-order valence-electron chi connectivity index (χ2n) is 7.13. The molecule has 4 aromatic rings. The molecule has 25 heavy (non-hydrogen) atoms. The van der Waals surface area contributed by atoms with Gasteiger partial charge in [-0.3, -0.25) is 0 Å². The van der Waals surface area contributed by atoms with Gasteiger partial charge in [-0.2, -0.15) is 0 Å². The van der Waals surface area contributed by atoms with Crippen LogP contribution in [0.1, 0.15) is 36.5 Å². The summed E-state index contributed by atoms with van der Waals surface area (Å²) in [6, 6.07) is 19.3. The fourth-order valence-electron chi connectivity index (χ4n) is 3.31. The van der Waals surface area contributed by atoms with Crippen molar-refractivity contribution in [1.29, 1.82) is 0 Å². The van der Waals surface area contributed by atoms with Crippen LogP contribution in [-0.2, 0) is 0 Å². The molecule has 0 bridgehead atoms. The normalized spacial score (nSPS) is 11.6. The third kappa shape index (κ3) is 2.78. The van der Waals surface area contributed by atoms with Gasteiger partial charge in [0.2, 0.25) is 0 Å². The van der Waals surface area contributed by atoms with Crippen LogP contribution in [0.3, 0.4) is 0 Å². The third-order valence-corrected chi connectivity index (χ3v) is 4.87. The van der Waals surface area contributed by atoms with Crippen molar-refractivity contribution < 1.29 is 4.42 Å². The number of hydrogen-bond acceptors (Lipinski definition) is 1. The number of H-pyrrole nitrogens is 1. The molecule has 0 saturated carbocycles. The van der Waals surface area contributed by atoms with Gasteiger partial charge < -0.3 is 9.40 Å². The Bertz CT molecular complexity index is 1030. The topological polar surface area (TPSA) is 28.9 Å². The first-order chi connectivity index (χ1) is 12.0. The number of benzene rings is 2. The maximum Gasteiger partial charge on any atom is 0.151 e. The van der Waals surface area contributed by atoms with Gasteiger partial charge in [-0.25, -0.2) is 0 Å². The molecule has 0 saturated heterocycles. The van der Waals surface area contributed by atoms with Gasteiger partial charge in [-0.05, 0) is 54.7 Å². The predicted octanol–water partition coefficient (Wildman–Crippen LogP) is 6.84. The molecule has 2 heterocycles. The van der Waals surface area contributed by atoms with Crippen molar-refractivity contribution in [2.45, 2.75) is 33.6 Å².